The number of nitrogens with one attached hydrogen (secondary N) is 1. The average molecular weight is 211 g/mol. The minimum Gasteiger partial charge on any atom is -0.338 e. The first kappa shape index (κ1) is 11.6. The van der Waals surface area contributed by atoms with Gasteiger partial charge in [0, 0.05) is 20.1 Å². The van der Waals surface area contributed by atoms with Crippen LogP contribution in [0.15, 0.2) is 0 Å². The number of rotatable bonds is 4. The third-order valence-electron chi connectivity index (χ3n) is 2.02. The van der Waals surface area contributed by atoms with Crippen molar-refractivity contribution in [2.24, 2.45) is 0 Å². The highest BCUT2D eigenvalue weighted by molar-refractivity contribution is 5.90. The number of carbonyl (C=O) groups excluding carboxylic acids is 1. The summed E-state index contributed by atoms with van der Waals surface area (Å²) < 4.78 is 0. The molecule has 0 spiro atoms. The van der Waals surface area contributed by atoms with Crippen LogP contribution in [0, 0.1) is 6.92 Å². The molecule has 0 radical (unpaired) electrons. The maximum Gasteiger partial charge on any atom is 0.293 e. The molecule has 15 heavy (non-hydrogen) atoms. The first-order valence-corrected chi connectivity index (χ1v) is 4.80. The lowest BCUT2D eigenvalue weighted by molar-refractivity contribution is 0.0774. The number of H-pyrrole nitrogens is 1. The smallest absolute Gasteiger partial charge is 0.293 e. The lowest BCUT2D eigenvalue weighted by atomic mass is 10.4. The van der Waals surface area contributed by atoms with Crippen LogP contribution in [0.3, 0.4) is 0 Å². The van der Waals surface area contributed by atoms with Gasteiger partial charge in [0.25, 0.3) is 5.91 Å². The predicted molar refractivity (Wildman–Crippen MR) is 56.6 cm³/mol. The van der Waals surface area contributed by atoms with Crippen LogP contribution < -0.4 is 0 Å². The van der Waals surface area contributed by atoms with E-state index >= 15 is 0 Å². The molecule has 0 bridgehead atoms. The normalized spacial score (nSPS) is 10.7. The highest BCUT2D eigenvalue weighted by Gasteiger charge is 2.15. The molecule has 0 aliphatic rings. The number of aromatic amines is 1. The lowest BCUT2D eigenvalue weighted by Gasteiger charge is -2.17. The third kappa shape index (κ3) is 3.32. The fourth-order valence-electron chi connectivity index (χ4n) is 1.06. The Labute approximate surface area is 89.3 Å². The molecule has 0 saturated carbocycles. The van der Waals surface area contributed by atoms with E-state index in [4.69, 9.17) is 0 Å². The van der Waals surface area contributed by atoms with Crippen molar-refractivity contribution >= 4 is 5.91 Å². The molecule has 1 aromatic heterocycles. The Morgan fingerprint density at radius 1 is 1.33 bits per heavy atom. The summed E-state index contributed by atoms with van der Waals surface area (Å²) in [5.41, 5.74) is 0. The first-order chi connectivity index (χ1) is 7.00. The van der Waals surface area contributed by atoms with E-state index in [0.717, 1.165) is 6.54 Å². The van der Waals surface area contributed by atoms with Crippen LogP contribution in [0.1, 0.15) is 16.4 Å². The zero-order valence-corrected chi connectivity index (χ0v) is 9.61. The molecular weight excluding hydrogens is 194 g/mol. The number of nitrogens with zero attached hydrogens (tertiary/aromatic N) is 4. The van der Waals surface area contributed by atoms with Gasteiger partial charge in [-0.15, -0.1) is 5.10 Å². The van der Waals surface area contributed by atoms with Crippen LogP contribution in [-0.2, 0) is 0 Å². The van der Waals surface area contributed by atoms with Gasteiger partial charge in [-0.1, -0.05) is 0 Å². The second kappa shape index (κ2) is 4.88. The van der Waals surface area contributed by atoms with Gasteiger partial charge in [-0.25, -0.2) is 4.98 Å². The van der Waals surface area contributed by atoms with Gasteiger partial charge in [0.15, 0.2) is 0 Å². The molecule has 0 atom stereocenters. The second-order valence-corrected chi connectivity index (χ2v) is 3.77. The fourth-order valence-corrected chi connectivity index (χ4v) is 1.06. The van der Waals surface area contributed by atoms with E-state index in [1.807, 2.05) is 19.0 Å². The lowest BCUT2D eigenvalue weighted by Crippen LogP contribution is -2.34. The Hall–Kier alpha value is -1.43. The summed E-state index contributed by atoms with van der Waals surface area (Å²) in [6.45, 7) is 3.26. The van der Waals surface area contributed by atoms with Gasteiger partial charge in [0.05, 0.1) is 0 Å². The van der Waals surface area contributed by atoms with Crippen molar-refractivity contribution < 1.29 is 4.79 Å². The van der Waals surface area contributed by atoms with E-state index in [9.17, 15) is 4.79 Å². The molecule has 0 unspecified atom stereocenters. The van der Waals surface area contributed by atoms with Gasteiger partial charge in [-0.3, -0.25) is 9.89 Å². The molecule has 6 heteroatoms. The van der Waals surface area contributed by atoms with Gasteiger partial charge in [0.2, 0.25) is 5.82 Å². The van der Waals surface area contributed by atoms with Crippen LogP contribution in [0.25, 0.3) is 0 Å². The predicted octanol–water partition coefficient (Wildman–Crippen LogP) is -0.253. The van der Waals surface area contributed by atoms with Crippen LogP contribution in [-0.4, -0.2) is 65.1 Å². The molecule has 0 fully saturated rings. The summed E-state index contributed by atoms with van der Waals surface area (Å²) in [7, 11) is 5.68. The van der Waals surface area contributed by atoms with E-state index in [2.05, 4.69) is 15.2 Å². The minimum atomic E-state index is -0.152. The standard InChI is InChI=1S/C9H17N5O/c1-7-10-8(12-11-7)9(15)14(4)6-5-13(2)3/h5-6H2,1-4H3,(H,10,11,12). The Balaban J connectivity index is 2.53. The fraction of sp³-hybridized carbons (Fsp3) is 0.667. The quantitative estimate of drug-likeness (QED) is 0.745. The van der Waals surface area contributed by atoms with E-state index < -0.39 is 0 Å². The zero-order chi connectivity index (χ0) is 11.4. The summed E-state index contributed by atoms with van der Waals surface area (Å²) in [4.78, 5) is 19.4. The van der Waals surface area contributed by atoms with Crippen molar-refractivity contribution in [3.05, 3.63) is 11.6 Å². The Bertz CT molecular complexity index is 333. The topological polar surface area (TPSA) is 65.1 Å². The summed E-state index contributed by atoms with van der Waals surface area (Å²) in [6.07, 6.45) is 0. The molecule has 0 aliphatic heterocycles. The molecule has 84 valence electrons. The Kier molecular flexibility index (Phi) is 3.79. The number of aryl methyl sites for hydroxylation is 1. The SMILES string of the molecule is Cc1nc(C(=O)N(C)CCN(C)C)n[nH]1. The highest BCUT2D eigenvalue weighted by Crippen LogP contribution is 1.96. The van der Waals surface area contributed by atoms with Crippen LogP contribution in [0.2, 0.25) is 0 Å². The number of likely N-dealkylation sites (N-methyl/N-ethyl adjacent to an activating group) is 2. The van der Waals surface area contributed by atoms with Crippen LogP contribution in [0.4, 0.5) is 0 Å². The maximum atomic E-state index is 11.7. The van der Waals surface area contributed by atoms with Crippen molar-refractivity contribution in [1.29, 1.82) is 0 Å². The first-order valence-electron chi connectivity index (χ1n) is 4.80. The van der Waals surface area contributed by atoms with Gasteiger partial charge < -0.3 is 9.80 Å². The molecule has 6 nitrogen and oxygen atoms in total. The van der Waals surface area contributed by atoms with Gasteiger partial charge in [-0.05, 0) is 21.0 Å². The van der Waals surface area contributed by atoms with E-state index in [0.29, 0.717) is 12.4 Å². The number of hydrogen-bond donors (Lipinski definition) is 1. The van der Waals surface area contributed by atoms with Crippen molar-refractivity contribution in [3.8, 4) is 0 Å². The molecule has 0 aromatic carbocycles. The largest absolute Gasteiger partial charge is 0.338 e. The minimum absolute atomic E-state index is 0.152. The zero-order valence-electron chi connectivity index (χ0n) is 9.61. The third-order valence-corrected chi connectivity index (χ3v) is 2.02. The number of aromatic nitrogens is 3. The summed E-state index contributed by atoms with van der Waals surface area (Å²) >= 11 is 0. The van der Waals surface area contributed by atoms with E-state index in [-0.39, 0.29) is 11.7 Å². The average Bonchev–Trinajstić information content (AvgIpc) is 2.60. The molecule has 1 N–H and O–H groups in total. The molecular formula is C9H17N5O. The van der Waals surface area contributed by atoms with E-state index in [1.54, 1.807) is 18.9 Å². The van der Waals surface area contributed by atoms with Gasteiger partial charge in [0.1, 0.15) is 5.82 Å². The summed E-state index contributed by atoms with van der Waals surface area (Å²) in [5, 5.41) is 6.47. The van der Waals surface area contributed by atoms with E-state index in [1.165, 1.54) is 0 Å². The van der Waals surface area contributed by atoms with Crippen molar-refractivity contribution in [3.63, 3.8) is 0 Å². The Morgan fingerprint density at radius 3 is 2.47 bits per heavy atom. The molecule has 1 aromatic rings. The van der Waals surface area contributed by atoms with Crippen molar-refractivity contribution in [2.75, 3.05) is 34.2 Å². The number of amides is 1. The monoisotopic (exact) mass is 211 g/mol. The van der Waals surface area contributed by atoms with Crippen molar-refractivity contribution in [2.45, 2.75) is 6.92 Å². The molecule has 1 amide bonds. The number of hydrogen-bond acceptors (Lipinski definition) is 4. The van der Waals surface area contributed by atoms with Crippen molar-refractivity contribution in [1.82, 2.24) is 25.0 Å². The molecule has 1 rings (SSSR count). The number of carbonyl (C=O) groups is 1. The molecule has 1 heterocycles. The summed E-state index contributed by atoms with van der Waals surface area (Å²) in [6, 6.07) is 0. The maximum absolute atomic E-state index is 11.7. The van der Waals surface area contributed by atoms with Gasteiger partial charge in [-0.2, -0.15) is 0 Å². The van der Waals surface area contributed by atoms with Crippen LogP contribution in [0.5, 0.6) is 0 Å². The highest BCUT2D eigenvalue weighted by atomic mass is 16.2. The van der Waals surface area contributed by atoms with Gasteiger partial charge >= 0.3 is 0 Å². The summed E-state index contributed by atoms with van der Waals surface area (Å²) in [5.74, 6) is 0.731. The Morgan fingerprint density at radius 2 is 2.00 bits per heavy atom. The van der Waals surface area contributed by atoms with Crippen LogP contribution >= 0.6 is 0 Å². The molecule has 0 aliphatic carbocycles. The second-order valence-electron chi connectivity index (χ2n) is 3.77. The molecule has 0 saturated heterocycles.